The highest BCUT2D eigenvalue weighted by Crippen LogP contribution is 2.37. The average molecular weight is 286 g/mol. The van der Waals surface area contributed by atoms with E-state index in [9.17, 15) is 9.59 Å². The second kappa shape index (κ2) is 5.88. The zero-order chi connectivity index (χ0) is 14.8. The van der Waals surface area contributed by atoms with Crippen LogP contribution in [0, 0.1) is 5.92 Å². The quantitative estimate of drug-likeness (QED) is 0.846. The third kappa shape index (κ3) is 2.80. The van der Waals surface area contributed by atoms with Gasteiger partial charge in [-0.2, -0.15) is 0 Å². The minimum atomic E-state index is -0.0129. The number of unbranched alkanes of at least 4 members (excludes halogenated alkanes) is 1. The molecule has 1 saturated carbocycles. The van der Waals surface area contributed by atoms with Crippen molar-refractivity contribution >= 4 is 17.5 Å². The van der Waals surface area contributed by atoms with E-state index in [-0.39, 0.29) is 17.7 Å². The summed E-state index contributed by atoms with van der Waals surface area (Å²) in [4.78, 5) is 26.4. The largest absolute Gasteiger partial charge is 0.352 e. The molecular formula is C17H22N2O2. The van der Waals surface area contributed by atoms with Crippen LogP contribution in [-0.2, 0) is 11.2 Å². The van der Waals surface area contributed by atoms with Crippen LogP contribution in [0.4, 0.5) is 5.69 Å². The van der Waals surface area contributed by atoms with Crippen molar-refractivity contribution in [2.45, 2.75) is 39.0 Å². The van der Waals surface area contributed by atoms with Crippen molar-refractivity contribution in [2.75, 3.05) is 18.0 Å². The van der Waals surface area contributed by atoms with Crippen molar-refractivity contribution in [1.82, 2.24) is 5.32 Å². The average Bonchev–Trinajstić information content (AvgIpc) is 3.25. The highest BCUT2D eigenvalue weighted by atomic mass is 16.2. The van der Waals surface area contributed by atoms with Gasteiger partial charge in [0.25, 0.3) is 5.91 Å². The first-order chi connectivity index (χ1) is 10.2. The van der Waals surface area contributed by atoms with E-state index in [1.165, 1.54) is 0 Å². The van der Waals surface area contributed by atoms with Crippen molar-refractivity contribution in [3.8, 4) is 0 Å². The van der Waals surface area contributed by atoms with E-state index >= 15 is 0 Å². The molecule has 1 heterocycles. The Morgan fingerprint density at radius 3 is 2.86 bits per heavy atom. The summed E-state index contributed by atoms with van der Waals surface area (Å²) >= 11 is 0. The molecule has 0 radical (unpaired) electrons. The fraction of sp³-hybridized carbons (Fsp3) is 0.529. The molecule has 112 valence electrons. The van der Waals surface area contributed by atoms with Gasteiger partial charge in [0.1, 0.15) is 0 Å². The lowest BCUT2D eigenvalue weighted by Crippen LogP contribution is -2.30. The summed E-state index contributed by atoms with van der Waals surface area (Å²) in [6.07, 6.45) is 4.87. The first-order valence-corrected chi connectivity index (χ1v) is 7.94. The van der Waals surface area contributed by atoms with Gasteiger partial charge in [0.2, 0.25) is 5.91 Å². The SMILES string of the molecule is CCCCNC(=O)c1cccc2c1CCN2C(=O)C1CC1. The molecule has 0 spiro atoms. The van der Waals surface area contributed by atoms with Gasteiger partial charge < -0.3 is 10.2 Å². The Kier molecular flexibility index (Phi) is 3.95. The third-order valence-corrected chi connectivity index (χ3v) is 4.28. The Hall–Kier alpha value is -1.84. The number of carbonyl (C=O) groups is 2. The fourth-order valence-corrected chi connectivity index (χ4v) is 2.90. The Morgan fingerprint density at radius 2 is 2.14 bits per heavy atom. The van der Waals surface area contributed by atoms with Crippen molar-refractivity contribution in [2.24, 2.45) is 5.92 Å². The number of benzene rings is 1. The van der Waals surface area contributed by atoms with Crippen molar-refractivity contribution in [1.29, 1.82) is 0 Å². The van der Waals surface area contributed by atoms with Gasteiger partial charge in [-0.15, -0.1) is 0 Å². The molecule has 0 aromatic heterocycles. The molecular weight excluding hydrogens is 264 g/mol. The summed E-state index contributed by atoms with van der Waals surface area (Å²) < 4.78 is 0. The highest BCUT2D eigenvalue weighted by Gasteiger charge is 2.37. The van der Waals surface area contributed by atoms with Gasteiger partial charge >= 0.3 is 0 Å². The van der Waals surface area contributed by atoms with E-state index in [0.717, 1.165) is 48.9 Å². The number of anilines is 1. The molecule has 2 amide bonds. The third-order valence-electron chi connectivity index (χ3n) is 4.28. The molecule has 0 saturated heterocycles. The van der Waals surface area contributed by atoms with E-state index in [4.69, 9.17) is 0 Å². The van der Waals surface area contributed by atoms with Crippen LogP contribution in [-0.4, -0.2) is 24.9 Å². The Morgan fingerprint density at radius 1 is 1.33 bits per heavy atom. The number of rotatable bonds is 5. The minimum Gasteiger partial charge on any atom is -0.352 e. The molecule has 4 nitrogen and oxygen atoms in total. The summed E-state index contributed by atoms with van der Waals surface area (Å²) in [5.41, 5.74) is 2.70. The summed E-state index contributed by atoms with van der Waals surface area (Å²) in [7, 11) is 0. The molecule has 1 aliphatic heterocycles. The number of fused-ring (bicyclic) bond motifs is 1. The van der Waals surface area contributed by atoms with E-state index in [2.05, 4.69) is 12.2 Å². The van der Waals surface area contributed by atoms with E-state index in [1.54, 1.807) is 0 Å². The van der Waals surface area contributed by atoms with E-state index in [0.29, 0.717) is 13.1 Å². The fourth-order valence-electron chi connectivity index (χ4n) is 2.90. The lowest BCUT2D eigenvalue weighted by atomic mass is 10.0. The minimum absolute atomic E-state index is 0.0129. The second-order valence-corrected chi connectivity index (χ2v) is 5.93. The van der Waals surface area contributed by atoms with Crippen LogP contribution in [0.1, 0.15) is 48.5 Å². The van der Waals surface area contributed by atoms with Gasteiger partial charge in [0.05, 0.1) is 0 Å². The van der Waals surface area contributed by atoms with E-state index < -0.39 is 0 Å². The Bertz CT molecular complexity index is 564. The molecule has 1 fully saturated rings. The number of nitrogens with one attached hydrogen (secondary N) is 1. The number of hydrogen-bond acceptors (Lipinski definition) is 2. The Balaban J connectivity index is 1.78. The van der Waals surface area contributed by atoms with Crippen LogP contribution >= 0.6 is 0 Å². The van der Waals surface area contributed by atoms with Gasteiger partial charge in [0, 0.05) is 30.3 Å². The molecule has 0 bridgehead atoms. The maximum atomic E-state index is 12.3. The number of hydrogen-bond donors (Lipinski definition) is 1. The van der Waals surface area contributed by atoms with Crippen LogP contribution < -0.4 is 10.2 Å². The lowest BCUT2D eigenvalue weighted by molar-refractivity contribution is -0.119. The van der Waals surface area contributed by atoms with Gasteiger partial charge in [-0.05, 0) is 43.4 Å². The van der Waals surface area contributed by atoms with Crippen molar-refractivity contribution in [3.05, 3.63) is 29.3 Å². The standard InChI is InChI=1S/C17H22N2O2/c1-2-3-10-18-16(20)14-5-4-6-15-13(14)9-11-19(15)17(21)12-7-8-12/h4-6,12H,2-3,7-11H2,1H3,(H,18,20). The van der Waals surface area contributed by atoms with E-state index in [1.807, 2.05) is 23.1 Å². The molecule has 21 heavy (non-hydrogen) atoms. The molecule has 3 rings (SSSR count). The van der Waals surface area contributed by atoms with Gasteiger partial charge in [0.15, 0.2) is 0 Å². The number of nitrogens with zero attached hydrogens (tertiary/aromatic N) is 1. The highest BCUT2D eigenvalue weighted by molar-refractivity contribution is 6.02. The van der Waals surface area contributed by atoms with Crippen molar-refractivity contribution in [3.63, 3.8) is 0 Å². The summed E-state index contributed by atoms with van der Waals surface area (Å²) in [6.45, 7) is 3.53. The molecule has 0 atom stereocenters. The normalized spacial score (nSPS) is 16.7. The van der Waals surface area contributed by atoms with Gasteiger partial charge in [-0.1, -0.05) is 19.4 Å². The molecule has 1 N–H and O–H groups in total. The molecule has 1 aromatic rings. The monoisotopic (exact) mass is 286 g/mol. The molecule has 1 aromatic carbocycles. The molecule has 1 aliphatic carbocycles. The zero-order valence-corrected chi connectivity index (χ0v) is 12.5. The predicted molar refractivity (Wildman–Crippen MR) is 82.5 cm³/mol. The maximum Gasteiger partial charge on any atom is 0.251 e. The first-order valence-electron chi connectivity index (χ1n) is 7.94. The molecule has 0 unspecified atom stereocenters. The topological polar surface area (TPSA) is 49.4 Å². The maximum absolute atomic E-state index is 12.3. The number of amides is 2. The molecule has 2 aliphatic rings. The summed E-state index contributed by atoms with van der Waals surface area (Å²) in [5, 5.41) is 2.97. The first kappa shape index (κ1) is 14.1. The van der Waals surface area contributed by atoms with Crippen LogP contribution in [0.15, 0.2) is 18.2 Å². The molecule has 4 heteroatoms. The van der Waals surface area contributed by atoms with Crippen LogP contribution in [0.3, 0.4) is 0 Å². The van der Waals surface area contributed by atoms with Crippen molar-refractivity contribution < 1.29 is 9.59 Å². The van der Waals surface area contributed by atoms with Crippen LogP contribution in [0.5, 0.6) is 0 Å². The zero-order valence-electron chi connectivity index (χ0n) is 12.5. The van der Waals surface area contributed by atoms with Crippen LogP contribution in [0.2, 0.25) is 0 Å². The van der Waals surface area contributed by atoms with Gasteiger partial charge in [-0.3, -0.25) is 9.59 Å². The number of carbonyl (C=O) groups excluding carboxylic acids is 2. The predicted octanol–water partition coefficient (Wildman–Crippen LogP) is 2.52. The lowest BCUT2D eigenvalue weighted by Gasteiger charge is -2.17. The second-order valence-electron chi connectivity index (χ2n) is 5.93. The summed E-state index contributed by atoms with van der Waals surface area (Å²) in [6, 6.07) is 5.71. The van der Waals surface area contributed by atoms with Gasteiger partial charge in [-0.25, -0.2) is 0 Å². The smallest absolute Gasteiger partial charge is 0.251 e. The Labute approximate surface area is 125 Å². The summed E-state index contributed by atoms with van der Waals surface area (Å²) in [5.74, 6) is 0.441. The van der Waals surface area contributed by atoms with Crippen LogP contribution in [0.25, 0.3) is 0 Å².